The molecule has 138 valence electrons. The van der Waals surface area contributed by atoms with Gasteiger partial charge in [0.25, 0.3) is 0 Å². The molecule has 0 bridgehead atoms. The van der Waals surface area contributed by atoms with Crippen molar-refractivity contribution in [1.82, 2.24) is 5.16 Å². The van der Waals surface area contributed by atoms with E-state index in [1.54, 1.807) is 36.4 Å². The maximum Gasteiger partial charge on any atom is 0.202 e. The fraction of sp³-hybridized carbons (Fsp3) is 0. The summed E-state index contributed by atoms with van der Waals surface area (Å²) < 4.78 is 5.49. The van der Waals surface area contributed by atoms with E-state index >= 15 is 0 Å². The van der Waals surface area contributed by atoms with Gasteiger partial charge in [0.2, 0.25) is 5.78 Å². The van der Waals surface area contributed by atoms with Crippen molar-refractivity contribution in [2.24, 2.45) is 0 Å². The first kappa shape index (κ1) is 17.4. The first-order valence-electron chi connectivity index (χ1n) is 8.46. The van der Waals surface area contributed by atoms with Gasteiger partial charge < -0.3 is 19.8 Å². The molecule has 0 saturated carbocycles. The Hall–Kier alpha value is -4.06. The van der Waals surface area contributed by atoms with Crippen LogP contribution in [0.5, 0.6) is 17.2 Å². The van der Waals surface area contributed by atoms with Gasteiger partial charge in [-0.1, -0.05) is 17.3 Å². The van der Waals surface area contributed by atoms with Crippen LogP contribution in [0.2, 0.25) is 0 Å². The fourth-order valence-electron chi connectivity index (χ4n) is 2.93. The highest BCUT2D eigenvalue weighted by Gasteiger charge is 2.27. The summed E-state index contributed by atoms with van der Waals surface area (Å²) in [6.07, 6.45) is 0. The van der Waals surface area contributed by atoms with Gasteiger partial charge in [-0.25, -0.2) is 0 Å². The third kappa shape index (κ3) is 3.07. The average Bonchev–Trinajstić information content (AvgIpc) is 3.14. The van der Waals surface area contributed by atoms with Gasteiger partial charge in [0.1, 0.15) is 22.9 Å². The molecule has 0 saturated heterocycles. The first-order chi connectivity index (χ1) is 13.5. The van der Waals surface area contributed by atoms with E-state index in [2.05, 4.69) is 5.16 Å². The summed E-state index contributed by atoms with van der Waals surface area (Å²) in [5.74, 6) is -0.223. The van der Waals surface area contributed by atoms with E-state index in [0.29, 0.717) is 11.1 Å². The van der Waals surface area contributed by atoms with E-state index in [1.165, 1.54) is 36.4 Å². The van der Waals surface area contributed by atoms with Crippen LogP contribution in [0.25, 0.3) is 22.6 Å². The summed E-state index contributed by atoms with van der Waals surface area (Å²) in [4.78, 5) is 13.3. The lowest BCUT2D eigenvalue weighted by atomic mass is 9.95. The molecule has 1 heterocycles. The summed E-state index contributed by atoms with van der Waals surface area (Å²) in [6, 6.07) is 18.6. The van der Waals surface area contributed by atoms with Gasteiger partial charge in [0, 0.05) is 11.1 Å². The number of benzene rings is 3. The van der Waals surface area contributed by atoms with E-state index in [0.717, 1.165) is 0 Å². The predicted octanol–water partition coefficient (Wildman–Crippen LogP) is 4.36. The van der Waals surface area contributed by atoms with Gasteiger partial charge in [0.15, 0.2) is 5.76 Å². The number of nitrogens with zero attached hydrogens (tertiary/aromatic N) is 1. The Balaban J connectivity index is 1.93. The molecule has 0 unspecified atom stereocenters. The van der Waals surface area contributed by atoms with Gasteiger partial charge in [-0.2, -0.15) is 0 Å². The van der Waals surface area contributed by atoms with Gasteiger partial charge >= 0.3 is 0 Å². The van der Waals surface area contributed by atoms with Crippen molar-refractivity contribution in [3.8, 4) is 39.8 Å². The number of hydrogen-bond donors (Lipinski definition) is 3. The Morgan fingerprint density at radius 3 is 1.93 bits per heavy atom. The van der Waals surface area contributed by atoms with E-state index in [4.69, 9.17) is 4.52 Å². The van der Waals surface area contributed by atoms with Crippen LogP contribution in [0.3, 0.4) is 0 Å². The molecule has 0 radical (unpaired) electrons. The van der Waals surface area contributed by atoms with Crippen molar-refractivity contribution in [3.63, 3.8) is 0 Å². The Bertz CT molecular complexity index is 1080. The molecule has 6 nitrogen and oxygen atoms in total. The molecule has 0 amide bonds. The highest BCUT2D eigenvalue weighted by Crippen LogP contribution is 2.36. The molecule has 0 aliphatic carbocycles. The van der Waals surface area contributed by atoms with Gasteiger partial charge in [-0.15, -0.1) is 0 Å². The molecule has 0 aliphatic heterocycles. The summed E-state index contributed by atoms with van der Waals surface area (Å²) >= 11 is 0. The number of ketones is 1. The maximum atomic E-state index is 13.3. The average molecular weight is 373 g/mol. The van der Waals surface area contributed by atoms with Gasteiger partial charge in [-0.05, 0) is 60.7 Å². The number of carbonyl (C=O) groups is 1. The van der Waals surface area contributed by atoms with Crippen LogP contribution < -0.4 is 0 Å². The normalized spacial score (nSPS) is 10.7. The quantitative estimate of drug-likeness (QED) is 0.459. The fourth-order valence-corrected chi connectivity index (χ4v) is 2.93. The molecule has 0 fully saturated rings. The van der Waals surface area contributed by atoms with Gasteiger partial charge in [-0.3, -0.25) is 4.79 Å². The Morgan fingerprint density at radius 2 is 1.32 bits per heavy atom. The highest BCUT2D eigenvalue weighted by atomic mass is 16.5. The van der Waals surface area contributed by atoms with Crippen molar-refractivity contribution < 1.29 is 24.6 Å². The van der Waals surface area contributed by atoms with E-state index < -0.39 is 5.78 Å². The molecule has 6 heteroatoms. The second kappa shape index (κ2) is 6.92. The second-order valence-corrected chi connectivity index (χ2v) is 6.18. The van der Waals surface area contributed by atoms with Crippen molar-refractivity contribution in [3.05, 3.63) is 83.9 Å². The molecule has 4 rings (SSSR count). The smallest absolute Gasteiger partial charge is 0.202 e. The zero-order chi connectivity index (χ0) is 19.7. The number of para-hydroxylation sites is 1. The Morgan fingerprint density at radius 1 is 0.750 bits per heavy atom. The number of phenolic OH excluding ortho intramolecular Hbond substituents is 3. The SMILES string of the molecule is O=C(c1ccccc1O)c1c(-c2ccc(O)cc2)noc1-c1ccc(O)cc1. The zero-order valence-electron chi connectivity index (χ0n) is 14.5. The summed E-state index contributed by atoms with van der Waals surface area (Å²) in [6.45, 7) is 0. The molecule has 3 aromatic carbocycles. The molecule has 0 atom stereocenters. The molecule has 3 N–H and O–H groups in total. The molecule has 28 heavy (non-hydrogen) atoms. The van der Waals surface area contributed by atoms with Crippen LogP contribution in [-0.2, 0) is 0 Å². The Labute approximate surface area is 159 Å². The number of aromatic nitrogens is 1. The second-order valence-electron chi connectivity index (χ2n) is 6.18. The molecular formula is C22H15NO5. The lowest BCUT2D eigenvalue weighted by Crippen LogP contribution is -2.04. The minimum atomic E-state index is -0.453. The van der Waals surface area contributed by atoms with Crippen molar-refractivity contribution in [2.45, 2.75) is 0 Å². The molecule has 1 aromatic heterocycles. The molecule has 0 spiro atoms. The van der Waals surface area contributed by atoms with Gasteiger partial charge in [0.05, 0.1) is 11.1 Å². The van der Waals surface area contributed by atoms with E-state index in [9.17, 15) is 20.1 Å². The lowest BCUT2D eigenvalue weighted by Gasteiger charge is -2.06. The van der Waals surface area contributed by atoms with Crippen LogP contribution in [-0.4, -0.2) is 26.3 Å². The highest BCUT2D eigenvalue weighted by molar-refractivity contribution is 6.16. The maximum absolute atomic E-state index is 13.3. The number of hydrogen-bond acceptors (Lipinski definition) is 6. The van der Waals surface area contributed by atoms with Crippen LogP contribution in [0.15, 0.2) is 77.3 Å². The predicted molar refractivity (Wildman–Crippen MR) is 102 cm³/mol. The third-order valence-electron chi connectivity index (χ3n) is 4.34. The number of rotatable bonds is 4. The summed E-state index contributed by atoms with van der Waals surface area (Å²) in [5.41, 5.74) is 1.71. The third-order valence-corrected chi connectivity index (χ3v) is 4.34. The van der Waals surface area contributed by atoms with E-state index in [-0.39, 0.29) is 39.8 Å². The number of aromatic hydroxyl groups is 3. The standard InChI is InChI=1S/C22H15NO5/c24-15-9-5-13(6-10-15)20-19(21(27)17-3-1-2-4-18(17)26)22(28-23-20)14-7-11-16(25)12-8-14/h1-12,24-26H. The minimum Gasteiger partial charge on any atom is -0.508 e. The minimum absolute atomic E-state index is 0.0793. The zero-order valence-corrected chi connectivity index (χ0v) is 14.5. The monoisotopic (exact) mass is 373 g/mol. The van der Waals surface area contributed by atoms with Crippen molar-refractivity contribution in [1.29, 1.82) is 0 Å². The number of phenols is 3. The van der Waals surface area contributed by atoms with Crippen LogP contribution in [0.4, 0.5) is 0 Å². The first-order valence-corrected chi connectivity index (χ1v) is 8.46. The van der Waals surface area contributed by atoms with Crippen molar-refractivity contribution in [2.75, 3.05) is 0 Å². The summed E-state index contributed by atoms with van der Waals surface area (Å²) in [5, 5.41) is 33.3. The topological polar surface area (TPSA) is 104 Å². The largest absolute Gasteiger partial charge is 0.508 e. The summed E-state index contributed by atoms with van der Waals surface area (Å²) in [7, 11) is 0. The van der Waals surface area contributed by atoms with Crippen LogP contribution >= 0.6 is 0 Å². The number of carbonyl (C=O) groups excluding carboxylic acids is 1. The Kier molecular flexibility index (Phi) is 4.29. The molecular weight excluding hydrogens is 358 g/mol. The lowest BCUT2D eigenvalue weighted by molar-refractivity contribution is 0.103. The van der Waals surface area contributed by atoms with Crippen LogP contribution in [0, 0.1) is 0 Å². The van der Waals surface area contributed by atoms with Crippen molar-refractivity contribution >= 4 is 5.78 Å². The van der Waals surface area contributed by atoms with E-state index in [1.807, 2.05) is 0 Å². The molecule has 0 aliphatic rings. The van der Waals surface area contributed by atoms with Crippen LogP contribution in [0.1, 0.15) is 15.9 Å². The molecule has 4 aromatic rings.